The highest BCUT2D eigenvalue weighted by Gasteiger charge is 2.27. The fourth-order valence-electron chi connectivity index (χ4n) is 4.58. The van der Waals surface area contributed by atoms with Crippen molar-refractivity contribution in [1.29, 1.82) is 0 Å². The van der Waals surface area contributed by atoms with E-state index in [0.29, 0.717) is 31.9 Å². The molecule has 0 N–H and O–H groups in total. The van der Waals surface area contributed by atoms with Gasteiger partial charge >= 0.3 is 0 Å². The Balaban J connectivity index is 1.40. The summed E-state index contributed by atoms with van der Waals surface area (Å²) in [5, 5.41) is 1.02. The summed E-state index contributed by atoms with van der Waals surface area (Å²) in [7, 11) is 0. The monoisotopic (exact) mass is 449 g/mol. The Morgan fingerprint density at radius 3 is 2.26 bits per heavy atom. The van der Waals surface area contributed by atoms with Gasteiger partial charge in [-0.15, -0.1) is 0 Å². The molecule has 5 aromatic rings. The Kier molecular flexibility index (Phi) is 5.07. The molecule has 0 unspecified atom stereocenters. The van der Waals surface area contributed by atoms with Crippen molar-refractivity contribution in [2.24, 2.45) is 0 Å². The van der Waals surface area contributed by atoms with E-state index < -0.39 is 0 Å². The number of carbonyl (C=O) groups is 1. The molecule has 4 heterocycles. The Hall–Kier alpha value is -4.39. The van der Waals surface area contributed by atoms with Gasteiger partial charge in [-0.3, -0.25) is 4.79 Å². The molecule has 1 saturated heterocycles. The first kappa shape index (κ1) is 20.2. The minimum Gasteiger partial charge on any atom is -0.459 e. The van der Waals surface area contributed by atoms with E-state index in [1.807, 2.05) is 41.3 Å². The zero-order valence-corrected chi connectivity index (χ0v) is 18.5. The first-order chi connectivity index (χ1) is 16.8. The van der Waals surface area contributed by atoms with Crippen molar-refractivity contribution in [3.8, 4) is 16.8 Å². The average molecular weight is 450 g/mol. The number of furan rings is 1. The molecular formula is C27H23N5O2. The van der Waals surface area contributed by atoms with Crippen molar-refractivity contribution in [2.75, 3.05) is 31.1 Å². The molecule has 0 radical (unpaired) electrons. The number of piperazine rings is 1. The van der Waals surface area contributed by atoms with E-state index in [0.717, 1.165) is 33.7 Å². The number of carbonyl (C=O) groups excluding carboxylic acids is 1. The Morgan fingerprint density at radius 1 is 0.824 bits per heavy atom. The van der Waals surface area contributed by atoms with Crippen LogP contribution in [0.25, 0.3) is 27.8 Å². The van der Waals surface area contributed by atoms with Gasteiger partial charge in [0.1, 0.15) is 12.1 Å². The lowest BCUT2D eigenvalue weighted by atomic mass is 10.1. The van der Waals surface area contributed by atoms with Crippen LogP contribution < -0.4 is 4.90 Å². The van der Waals surface area contributed by atoms with Crippen LogP contribution in [0.15, 0.2) is 96.0 Å². The molecule has 1 aliphatic heterocycles. The van der Waals surface area contributed by atoms with Crippen molar-refractivity contribution >= 4 is 22.8 Å². The van der Waals surface area contributed by atoms with Crippen LogP contribution >= 0.6 is 0 Å². The maximum atomic E-state index is 12.7. The molecule has 3 aromatic heterocycles. The third-order valence-electron chi connectivity index (χ3n) is 6.28. The second-order valence-electron chi connectivity index (χ2n) is 8.27. The first-order valence-electron chi connectivity index (χ1n) is 11.3. The zero-order chi connectivity index (χ0) is 22.9. The molecule has 0 atom stereocenters. The molecule has 168 valence electrons. The van der Waals surface area contributed by atoms with Gasteiger partial charge in [-0.2, -0.15) is 0 Å². The molecule has 7 nitrogen and oxygen atoms in total. The predicted molar refractivity (Wildman–Crippen MR) is 131 cm³/mol. The maximum Gasteiger partial charge on any atom is 0.289 e. The van der Waals surface area contributed by atoms with Crippen LogP contribution in [0, 0.1) is 0 Å². The molecule has 1 fully saturated rings. The zero-order valence-electron chi connectivity index (χ0n) is 18.5. The summed E-state index contributed by atoms with van der Waals surface area (Å²) < 4.78 is 7.42. The van der Waals surface area contributed by atoms with E-state index in [9.17, 15) is 4.79 Å². The van der Waals surface area contributed by atoms with Crippen molar-refractivity contribution in [3.63, 3.8) is 0 Å². The second-order valence-corrected chi connectivity index (χ2v) is 8.27. The van der Waals surface area contributed by atoms with E-state index in [-0.39, 0.29) is 5.91 Å². The van der Waals surface area contributed by atoms with E-state index in [2.05, 4.69) is 44.9 Å². The molecule has 6 rings (SSSR count). The molecule has 0 saturated carbocycles. The largest absolute Gasteiger partial charge is 0.459 e. The molecule has 0 spiro atoms. The number of rotatable bonds is 4. The quantitative estimate of drug-likeness (QED) is 0.400. The van der Waals surface area contributed by atoms with Gasteiger partial charge in [-0.1, -0.05) is 48.5 Å². The van der Waals surface area contributed by atoms with Gasteiger partial charge in [0, 0.05) is 43.6 Å². The third-order valence-corrected chi connectivity index (χ3v) is 6.28. The summed E-state index contributed by atoms with van der Waals surface area (Å²) >= 11 is 0. The third kappa shape index (κ3) is 3.51. The van der Waals surface area contributed by atoms with E-state index in [1.165, 1.54) is 6.26 Å². The topological polar surface area (TPSA) is 67.4 Å². The number of anilines is 1. The summed E-state index contributed by atoms with van der Waals surface area (Å²) in [4.78, 5) is 26.2. The van der Waals surface area contributed by atoms with Gasteiger partial charge in [-0.05, 0) is 29.8 Å². The second kappa shape index (κ2) is 8.51. The van der Waals surface area contributed by atoms with Crippen LogP contribution in [0.5, 0.6) is 0 Å². The predicted octanol–water partition coefficient (Wildman–Crippen LogP) is 4.64. The van der Waals surface area contributed by atoms with Crippen molar-refractivity contribution in [2.45, 2.75) is 0 Å². The Morgan fingerprint density at radius 2 is 1.56 bits per heavy atom. The van der Waals surface area contributed by atoms with E-state index in [1.54, 1.807) is 18.5 Å². The highest BCUT2D eigenvalue weighted by atomic mass is 16.3. The molecule has 0 bridgehead atoms. The van der Waals surface area contributed by atoms with Crippen LogP contribution in [-0.2, 0) is 0 Å². The normalized spacial score (nSPS) is 14.0. The molecule has 34 heavy (non-hydrogen) atoms. The summed E-state index contributed by atoms with van der Waals surface area (Å²) in [6.07, 6.45) is 5.31. The van der Waals surface area contributed by atoms with E-state index in [4.69, 9.17) is 9.40 Å². The minimum absolute atomic E-state index is 0.0716. The lowest BCUT2D eigenvalue weighted by molar-refractivity contribution is 0.0714. The summed E-state index contributed by atoms with van der Waals surface area (Å²) in [5.74, 6) is 1.20. The molecule has 7 heteroatoms. The van der Waals surface area contributed by atoms with E-state index >= 15 is 0 Å². The number of hydrogen-bond donors (Lipinski definition) is 0. The fraction of sp³-hybridized carbons (Fsp3) is 0.148. The van der Waals surface area contributed by atoms with Crippen molar-refractivity contribution < 1.29 is 9.21 Å². The van der Waals surface area contributed by atoms with Crippen LogP contribution in [0.1, 0.15) is 10.6 Å². The fourth-order valence-corrected chi connectivity index (χ4v) is 4.58. The van der Waals surface area contributed by atoms with Crippen LogP contribution in [-0.4, -0.2) is 51.5 Å². The number of aromatic nitrogens is 3. The number of amides is 1. The first-order valence-corrected chi connectivity index (χ1v) is 11.3. The van der Waals surface area contributed by atoms with Crippen LogP contribution in [0.2, 0.25) is 0 Å². The summed E-state index contributed by atoms with van der Waals surface area (Å²) in [5.41, 5.74) is 4.12. The maximum absolute atomic E-state index is 12.7. The summed E-state index contributed by atoms with van der Waals surface area (Å²) in [6, 6.07) is 24.0. The van der Waals surface area contributed by atoms with Gasteiger partial charge in [0.05, 0.1) is 11.6 Å². The Labute approximate surface area is 196 Å². The van der Waals surface area contributed by atoms with Crippen LogP contribution in [0.3, 0.4) is 0 Å². The van der Waals surface area contributed by atoms with Crippen molar-refractivity contribution in [3.05, 3.63) is 97.3 Å². The molecule has 1 amide bonds. The lowest BCUT2D eigenvalue weighted by Gasteiger charge is -2.35. The molecule has 0 aliphatic carbocycles. The highest BCUT2D eigenvalue weighted by Crippen LogP contribution is 2.37. The Bertz CT molecular complexity index is 1420. The number of fused-ring (bicyclic) bond motifs is 1. The van der Waals surface area contributed by atoms with Crippen molar-refractivity contribution in [1.82, 2.24) is 19.4 Å². The number of nitrogens with zero attached hydrogens (tertiary/aromatic N) is 5. The van der Waals surface area contributed by atoms with Crippen LogP contribution in [0.4, 0.5) is 5.82 Å². The average Bonchev–Trinajstić information content (AvgIpc) is 3.58. The highest BCUT2D eigenvalue weighted by molar-refractivity contribution is 6.02. The standard InChI is InChI=1S/C27H23N5O2/c33-27(23-12-7-17-34-23)31-15-13-30(14-16-31)25-24-22(20-8-3-1-4-9-20)18-32(26(24)29-19-28-25)21-10-5-2-6-11-21/h1-12,17-19H,13-16H2. The van der Waals surface area contributed by atoms with Gasteiger partial charge in [0.25, 0.3) is 5.91 Å². The molecule has 2 aromatic carbocycles. The molecular weight excluding hydrogens is 426 g/mol. The number of hydrogen-bond acceptors (Lipinski definition) is 5. The lowest BCUT2D eigenvalue weighted by Crippen LogP contribution is -2.49. The SMILES string of the molecule is O=C(c1ccco1)N1CCN(c2ncnc3c2c(-c2ccccc2)cn3-c2ccccc2)CC1. The summed E-state index contributed by atoms with van der Waals surface area (Å²) in [6.45, 7) is 2.57. The number of para-hydroxylation sites is 1. The minimum atomic E-state index is -0.0716. The van der Waals surface area contributed by atoms with Gasteiger partial charge in [0.2, 0.25) is 0 Å². The molecule has 1 aliphatic rings. The number of benzene rings is 2. The van der Waals surface area contributed by atoms with Gasteiger partial charge in [-0.25, -0.2) is 9.97 Å². The van der Waals surface area contributed by atoms with Gasteiger partial charge in [0.15, 0.2) is 11.4 Å². The van der Waals surface area contributed by atoms with Gasteiger partial charge < -0.3 is 18.8 Å². The smallest absolute Gasteiger partial charge is 0.289 e.